The Labute approximate surface area is 114 Å². The molecule has 0 atom stereocenters. The summed E-state index contributed by atoms with van der Waals surface area (Å²) in [6.07, 6.45) is 1.38. The number of aliphatic hydroxyl groups is 1. The van der Waals surface area contributed by atoms with Crippen molar-refractivity contribution in [3.63, 3.8) is 0 Å². The molecule has 1 aromatic heterocycles. The maximum atomic E-state index is 12.2. The van der Waals surface area contributed by atoms with Crippen LogP contribution >= 0.6 is 23.2 Å². The molecule has 2 rings (SSSR count). The Bertz CT molecular complexity index is 659. The standard InChI is InChI=1S/C12H12Cl2N2O2/c1-12(2,18)5-16-6-15-10-8(11(16)17)3-7(13)4-9(10)14/h3-4,6,18H,5H2,1-2H3. The van der Waals surface area contributed by atoms with Gasteiger partial charge in [-0.25, -0.2) is 4.98 Å². The van der Waals surface area contributed by atoms with E-state index in [0.717, 1.165) is 0 Å². The zero-order valence-corrected chi connectivity index (χ0v) is 11.5. The van der Waals surface area contributed by atoms with E-state index in [1.807, 2.05) is 0 Å². The molecule has 96 valence electrons. The molecule has 0 aliphatic heterocycles. The van der Waals surface area contributed by atoms with E-state index in [2.05, 4.69) is 4.98 Å². The SMILES string of the molecule is CC(C)(O)Cn1cnc2c(Cl)cc(Cl)cc2c1=O. The van der Waals surface area contributed by atoms with Crippen LogP contribution in [0, 0.1) is 0 Å². The lowest BCUT2D eigenvalue weighted by Crippen LogP contribution is -2.32. The van der Waals surface area contributed by atoms with Gasteiger partial charge in [0.05, 0.1) is 34.4 Å². The molecule has 18 heavy (non-hydrogen) atoms. The van der Waals surface area contributed by atoms with Crippen LogP contribution in [0.4, 0.5) is 0 Å². The first-order chi connectivity index (χ1) is 8.28. The number of hydrogen-bond acceptors (Lipinski definition) is 3. The van der Waals surface area contributed by atoms with Gasteiger partial charge in [-0.05, 0) is 26.0 Å². The van der Waals surface area contributed by atoms with E-state index in [4.69, 9.17) is 23.2 Å². The van der Waals surface area contributed by atoms with Crippen molar-refractivity contribution < 1.29 is 5.11 Å². The summed E-state index contributed by atoms with van der Waals surface area (Å²) in [7, 11) is 0. The van der Waals surface area contributed by atoms with E-state index in [1.54, 1.807) is 13.8 Å². The second kappa shape index (κ2) is 4.53. The third-order valence-electron chi connectivity index (χ3n) is 2.40. The Hall–Kier alpha value is -1.10. The lowest BCUT2D eigenvalue weighted by molar-refractivity contribution is 0.0603. The molecular weight excluding hydrogens is 275 g/mol. The lowest BCUT2D eigenvalue weighted by Gasteiger charge is -2.18. The molecule has 0 bridgehead atoms. The molecule has 2 aromatic rings. The Morgan fingerprint density at radius 1 is 1.39 bits per heavy atom. The van der Waals surface area contributed by atoms with Gasteiger partial charge in [0.15, 0.2) is 0 Å². The van der Waals surface area contributed by atoms with Crippen LogP contribution in [0.25, 0.3) is 10.9 Å². The van der Waals surface area contributed by atoms with Gasteiger partial charge in [0, 0.05) is 5.02 Å². The molecule has 0 spiro atoms. The van der Waals surface area contributed by atoms with Gasteiger partial charge in [-0.15, -0.1) is 0 Å². The Kier molecular flexibility index (Phi) is 3.36. The molecular formula is C12H12Cl2N2O2. The summed E-state index contributed by atoms with van der Waals surface area (Å²) < 4.78 is 1.34. The monoisotopic (exact) mass is 286 g/mol. The predicted octanol–water partition coefficient (Wildman–Crippen LogP) is 2.47. The summed E-state index contributed by atoms with van der Waals surface area (Å²) in [5, 5.41) is 10.8. The van der Waals surface area contributed by atoms with Gasteiger partial charge in [-0.3, -0.25) is 9.36 Å². The van der Waals surface area contributed by atoms with Gasteiger partial charge in [0.2, 0.25) is 0 Å². The maximum absolute atomic E-state index is 12.2. The number of fused-ring (bicyclic) bond motifs is 1. The highest BCUT2D eigenvalue weighted by atomic mass is 35.5. The van der Waals surface area contributed by atoms with Gasteiger partial charge in [0.1, 0.15) is 0 Å². The fourth-order valence-electron chi connectivity index (χ4n) is 1.72. The zero-order valence-electron chi connectivity index (χ0n) is 9.94. The smallest absolute Gasteiger partial charge is 0.261 e. The third-order valence-corrected chi connectivity index (χ3v) is 2.91. The first-order valence-electron chi connectivity index (χ1n) is 5.34. The predicted molar refractivity (Wildman–Crippen MR) is 72.3 cm³/mol. The summed E-state index contributed by atoms with van der Waals surface area (Å²) in [5.41, 5.74) is -0.855. The Balaban J connectivity index is 2.68. The van der Waals surface area contributed by atoms with Gasteiger partial charge in [-0.1, -0.05) is 23.2 Å². The highest BCUT2D eigenvalue weighted by molar-refractivity contribution is 6.38. The van der Waals surface area contributed by atoms with Crippen molar-refractivity contribution >= 4 is 34.1 Å². The van der Waals surface area contributed by atoms with Gasteiger partial charge < -0.3 is 5.11 Å². The molecule has 0 aliphatic rings. The maximum Gasteiger partial charge on any atom is 0.261 e. The first-order valence-corrected chi connectivity index (χ1v) is 6.10. The largest absolute Gasteiger partial charge is 0.389 e. The highest BCUT2D eigenvalue weighted by Crippen LogP contribution is 2.24. The van der Waals surface area contributed by atoms with Crippen LogP contribution in [-0.2, 0) is 6.54 Å². The summed E-state index contributed by atoms with van der Waals surface area (Å²) in [5.74, 6) is 0. The summed E-state index contributed by atoms with van der Waals surface area (Å²) >= 11 is 11.8. The Morgan fingerprint density at radius 2 is 2.06 bits per heavy atom. The minimum Gasteiger partial charge on any atom is -0.389 e. The van der Waals surface area contributed by atoms with Crippen molar-refractivity contribution in [1.82, 2.24) is 9.55 Å². The Morgan fingerprint density at radius 3 is 2.67 bits per heavy atom. The quantitative estimate of drug-likeness (QED) is 0.923. The van der Waals surface area contributed by atoms with E-state index in [0.29, 0.717) is 20.9 Å². The van der Waals surface area contributed by atoms with Crippen molar-refractivity contribution in [2.45, 2.75) is 26.0 Å². The van der Waals surface area contributed by atoms with Crippen LogP contribution in [0.2, 0.25) is 10.0 Å². The van der Waals surface area contributed by atoms with E-state index in [-0.39, 0.29) is 12.1 Å². The average Bonchev–Trinajstić information content (AvgIpc) is 2.21. The number of rotatable bonds is 2. The highest BCUT2D eigenvalue weighted by Gasteiger charge is 2.16. The molecule has 6 heteroatoms. The van der Waals surface area contributed by atoms with E-state index in [1.165, 1.54) is 23.0 Å². The fourth-order valence-corrected chi connectivity index (χ4v) is 2.27. The van der Waals surface area contributed by atoms with Crippen molar-refractivity contribution in [2.75, 3.05) is 0 Å². The molecule has 1 aromatic carbocycles. The summed E-state index contributed by atoms with van der Waals surface area (Å²) in [4.78, 5) is 16.3. The van der Waals surface area contributed by atoms with E-state index >= 15 is 0 Å². The average molecular weight is 287 g/mol. The fraction of sp³-hybridized carbons (Fsp3) is 0.333. The second-order valence-corrected chi connectivity index (χ2v) is 5.62. The van der Waals surface area contributed by atoms with Gasteiger partial charge in [0.25, 0.3) is 5.56 Å². The van der Waals surface area contributed by atoms with Gasteiger partial charge >= 0.3 is 0 Å². The summed E-state index contributed by atoms with van der Waals surface area (Å²) in [6, 6.07) is 3.07. The topological polar surface area (TPSA) is 55.1 Å². The van der Waals surface area contributed by atoms with Crippen molar-refractivity contribution in [1.29, 1.82) is 0 Å². The zero-order chi connectivity index (χ0) is 13.5. The number of hydrogen-bond donors (Lipinski definition) is 1. The second-order valence-electron chi connectivity index (χ2n) is 4.77. The molecule has 0 aliphatic carbocycles. The normalized spacial score (nSPS) is 12.1. The molecule has 1 heterocycles. The molecule has 1 N–H and O–H groups in total. The molecule has 0 saturated carbocycles. The van der Waals surface area contributed by atoms with Crippen LogP contribution < -0.4 is 5.56 Å². The van der Waals surface area contributed by atoms with Crippen molar-refractivity contribution in [3.8, 4) is 0 Å². The number of nitrogens with zero attached hydrogens (tertiary/aromatic N) is 2. The van der Waals surface area contributed by atoms with Crippen LogP contribution in [0.3, 0.4) is 0 Å². The van der Waals surface area contributed by atoms with Crippen LogP contribution in [0.5, 0.6) is 0 Å². The minimum absolute atomic E-state index is 0.152. The third kappa shape index (κ3) is 2.66. The number of aromatic nitrogens is 2. The minimum atomic E-state index is -0.998. The van der Waals surface area contributed by atoms with E-state index in [9.17, 15) is 9.90 Å². The molecule has 0 unspecified atom stereocenters. The molecule has 4 nitrogen and oxygen atoms in total. The number of benzene rings is 1. The molecule has 0 fully saturated rings. The molecule has 0 saturated heterocycles. The van der Waals surface area contributed by atoms with E-state index < -0.39 is 5.60 Å². The van der Waals surface area contributed by atoms with Crippen LogP contribution in [-0.4, -0.2) is 20.3 Å². The molecule has 0 radical (unpaired) electrons. The lowest BCUT2D eigenvalue weighted by atomic mass is 10.1. The van der Waals surface area contributed by atoms with Crippen molar-refractivity contribution in [3.05, 3.63) is 38.9 Å². The van der Waals surface area contributed by atoms with Gasteiger partial charge in [-0.2, -0.15) is 0 Å². The first kappa shape index (κ1) is 13.3. The molecule has 0 amide bonds. The van der Waals surface area contributed by atoms with Crippen LogP contribution in [0.1, 0.15) is 13.8 Å². The number of halogens is 2. The summed E-state index contributed by atoms with van der Waals surface area (Å²) in [6.45, 7) is 3.39. The van der Waals surface area contributed by atoms with Crippen LogP contribution in [0.15, 0.2) is 23.3 Å². The van der Waals surface area contributed by atoms with Crippen molar-refractivity contribution in [2.24, 2.45) is 0 Å².